The number of carboxylic acid groups (broad SMARTS) is 1. The van der Waals surface area contributed by atoms with E-state index in [0.717, 1.165) is 16.7 Å². The number of halogens is 2. The van der Waals surface area contributed by atoms with Crippen LogP contribution in [0.4, 0.5) is 4.39 Å². The third-order valence-corrected chi connectivity index (χ3v) is 6.18. The molecule has 6 nitrogen and oxygen atoms in total. The Bertz CT molecular complexity index is 1390. The summed E-state index contributed by atoms with van der Waals surface area (Å²) in [6, 6.07) is 16.8. The Morgan fingerprint density at radius 2 is 1.78 bits per heavy atom. The molecule has 4 rings (SSSR count). The van der Waals surface area contributed by atoms with E-state index in [-0.39, 0.29) is 24.2 Å². The van der Waals surface area contributed by atoms with E-state index in [1.165, 1.54) is 18.3 Å². The van der Waals surface area contributed by atoms with Crippen molar-refractivity contribution in [2.24, 2.45) is 0 Å². The zero-order valence-electron chi connectivity index (χ0n) is 19.7. The van der Waals surface area contributed by atoms with Crippen molar-refractivity contribution in [3.05, 3.63) is 94.4 Å². The predicted molar refractivity (Wildman–Crippen MR) is 137 cm³/mol. The van der Waals surface area contributed by atoms with Gasteiger partial charge in [0.25, 0.3) is 5.91 Å². The van der Waals surface area contributed by atoms with E-state index in [0.29, 0.717) is 46.6 Å². The molecule has 0 bridgehead atoms. The number of rotatable bonds is 9. The number of benzene rings is 2. The Labute approximate surface area is 213 Å². The highest BCUT2D eigenvalue weighted by molar-refractivity contribution is 6.30. The summed E-state index contributed by atoms with van der Waals surface area (Å²) in [6.07, 6.45) is 3.34. The van der Waals surface area contributed by atoms with Gasteiger partial charge in [-0.15, -0.1) is 0 Å². The van der Waals surface area contributed by atoms with Gasteiger partial charge in [0.2, 0.25) is 0 Å². The summed E-state index contributed by atoms with van der Waals surface area (Å²) < 4.78 is 13.5. The number of carboxylic acids is 1. The van der Waals surface area contributed by atoms with Crippen LogP contribution in [0.2, 0.25) is 5.02 Å². The zero-order valence-corrected chi connectivity index (χ0v) is 20.4. The number of aryl methyl sites for hydroxylation is 1. The number of hydrogen-bond donors (Lipinski definition) is 2. The summed E-state index contributed by atoms with van der Waals surface area (Å²) in [6.45, 7) is 1.89. The number of aromatic nitrogens is 2. The van der Waals surface area contributed by atoms with E-state index in [1.54, 1.807) is 30.3 Å². The van der Waals surface area contributed by atoms with E-state index in [4.69, 9.17) is 21.7 Å². The molecule has 4 aromatic rings. The summed E-state index contributed by atoms with van der Waals surface area (Å²) in [5.41, 5.74) is 4.08. The fourth-order valence-corrected chi connectivity index (χ4v) is 4.11. The molecule has 2 aromatic carbocycles. The lowest BCUT2D eigenvalue weighted by molar-refractivity contribution is -0.137. The lowest BCUT2D eigenvalue weighted by Gasteiger charge is -2.15. The monoisotopic (exact) mass is 505 g/mol. The number of pyridine rings is 2. The smallest absolute Gasteiger partial charge is 0.303 e. The number of aliphatic carboxylic acids is 1. The molecule has 2 aromatic heterocycles. The van der Waals surface area contributed by atoms with Crippen molar-refractivity contribution in [1.29, 1.82) is 0 Å². The average Bonchev–Trinajstić information content (AvgIpc) is 2.86. The molecule has 0 saturated carbocycles. The molecule has 0 radical (unpaired) electrons. The highest BCUT2D eigenvalue weighted by Crippen LogP contribution is 2.27. The summed E-state index contributed by atoms with van der Waals surface area (Å²) in [7, 11) is 0. The van der Waals surface area contributed by atoms with Gasteiger partial charge in [0.1, 0.15) is 5.82 Å². The van der Waals surface area contributed by atoms with E-state index >= 15 is 0 Å². The van der Waals surface area contributed by atoms with E-state index in [2.05, 4.69) is 10.3 Å². The lowest BCUT2D eigenvalue weighted by atomic mass is 9.99. The van der Waals surface area contributed by atoms with Crippen molar-refractivity contribution in [2.75, 3.05) is 0 Å². The number of carbonyl (C=O) groups excluding carboxylic acids is 1. The first kappa shape index (κ1) is 25.3. The summed E-state index contributed by atoms with van der Waals surface area (Å²) in [5, 5.41) is 13.2. The van der Waals surface area contributed by atoms with Crippen LogP contribution in [0, 0.1) is 5.82 Å². The van der Waals surface area contributed by atoms with Gasteiger partial charge < -0.3 is 10.4 Å². The lowest BCUT2D eigenvalue weighted by Crippen LogP contribution is -2.26. The number of hydrogen-bond acceptors (Lipinski definition) is 4. The minimum Gasteiger partial charge on any atom is -0.481 e. The Morgan fingerprint density at radius 1 is 1.06 bits per heavy atom. The van der Waals surface area contributed by atoms with Gasteiger partial charge in [-0.3, -0.25) is 9.59 Å². The maximum atomic E-state index is 13.5. The van der Waals surface area contributed by atoms with Gasteiger partial charge in [-0.25, -0.2) is 14.4 Å². The number of nitrogens with one attached hydrogen (secondary N) is 1. The molecule has 1 amide bonds. The van der Waals surface area contributed by atoms with Crippen LogP contribution in [-0.2, 0) is 11.2 Å². The molecule has 0 unspecified atom stereocenters. The second-order valence-electron chi connectivity index (χ2n) is 8.62. The fraction of sp³-hybridized carbons (Fsp3) is 0.214. The molecule has 8 heteroatoms. The Kier molecular flexibility index (Phi) is 7.90. The SMILES string of the molecule is C[C@@H](NC(=O)c1cnc2nc(-c3ccc(F)cc3)c(CCCCC(=O)O)cc2c1)c1ccc(Cl)cc1. The molecule has 0 spiro atoms. The maximum Gasteiger partial charge on any atom is 0.303 e. The molecule has 184 valence electrons. The zero-order chi connectivity index (χ0) is 25.7. The second kappa shape index (κ2) is 11.3. The second-order valence-corrected chi connectivity index (χ2v) is 9.06. The van der Waals surface area contributed by atoms with Crippen LogP contribution in [-0.4, -0.2) is 27.0 Å². The molecule has 0 saturated heterocycles. The number of amides is 1. The van der Waals surface area contributed by atoms with Gasteiger partial charge in [0, 0.05) is 28.6 Å². The predicted octanol–water partition coefficient (Wildman–Crippen LogP) is 6.38. The van der Waals surface area contributed by atoms with Crippen LogP contribution in [0.5, 0.6) is 0 Å². The minimum absolute atomic E-state index is 0.0879. The molecule has 0 fully saturated rings. The molecular weight excluding hydrogens is 481 g/mol. The van der Waals surface area contributed by atoms with Gasteiger partial charge in [0.05, 0.1) is 17.3 Å². The van der Waals surface area contributed by atoms with Crippen molar-refractivity contribution in [3.8, 4) is 11.3 Å². The Morgan fingerprint density at radius 3 is 2.47 bits per heavy atom. The molecule has 0 aliphatic heterocycles. The first-order valence-electron chi connectivity index (χ1n) is 11.6. The Hall–Kier alpha value is -3.84. The van der Waals surface area contributed by atoms with Gasteiger partial charge in [-0.2, -0.15) is 0 Å². The summed E-state index contributed by atoms with van der Waals surface area (Å²) in [5.74, 6) is -1.44. The van der Waals surface area contributed by atoms with Gasteiger partial charge in [0.15, 0.2) is 5.65 Å². The first-order valence-corrected chi connectivity index (χ1v) is 12.0. The third-order valence-electron chi connectivity index (χ3n) is 5.93. The molecular formula is C28H25ClFN3O3. The molecule has 1 atom stereocenters. The van der Waals surface area contributed by atoms with Crippen LogP contribution in [0.3, 0.4) is 0 Å². The average molecular weight is 506 g/mol. The van der Waals surface area contributed by atoms with Gasteiger partial charge in [-0.05, 0) is 85.8 Å². The standard InChI is InChI=1S/C28H25ClFN3O3/c1-17(18-6-10-23(29)11-7-18)32-28(36)22-15-21-14-20(4-2-3-5-25(34)35)26(33-27(21)31-16-22)19-8-12-24(30)13-9-19/h6-17H,2-5H2,1H3,(H,32,36)(H,34,35)/t17-/m1/s1. The first-order chi connectivity index (χ1) is 17.3. The van der Waals surface area contributed by atoms with Crippen LogP contribution in [0.1, 0.15) is 53.7 Å². The number of fused-ring (bicyclic) bond motifs is 1. The molecule has 36 heavy (non-hydrogen) atoms. The number of nitrogens with zero attached hydrogens (tertiary/aromatic N) is 2. The molecule has 2 heterocycles. The summed E-state index contributed by atoms with van der Waals surface area (Å²) in [4.78, 5) is 32.9. The fourth-order valence-electron chi connectivity index (χ4n) is 3.99. The van der Waals surface area contributed by atoms with Crippen molar-refractivity contribution < 1.29 is 19.1 Å². The van der Waals surface area contributed by atoms with Gasteiger partial charge >= 0.3 is 5.97 Å². The minimum atomic E-state index is -0.835. The van der Waals surface area contributed by atoms with Crippen molar-refractivity contribution >= 4 is 34.5 Å². The van der Waals surface area contributed by atoms with E-state index in [9.17, 15) is 14.0 Å². The van der Waals surface area contributed by atoms with E-state index < -0.39 is 5.97 Å². The van der Waals surface area contributed by atoms with Crippen molar-refractivity contribution in [3.63, 3.8) is 0 Å². The molecule has 0 aliphatic carbocycles. The van der Waals surface area contributed by atoms with Gasteiger partial charge in [-0.1, -0.05) is 23.7 Å². The normalized spacial score (nSPS) is 11.9. The maximum absolute atomic E-state index is 13.5. The Balaban J connectivity index is 1.62. The van der Waals surface area contributed by atoms with Crippen molar-refractivity contribution in [2.45, 2.75) is 38.6 Å². The summed E-state index contributed by atoms with van der Waals surface area (Å²) >= 11 is 5.95. The van der Waals surface area contributed by atoms with Crippen LogP contribution < -0.4 is 5.32 Å². The topological polar surface area (TPSA) is 92.2 Å². The molecule has 2 N–H and O–H groups in total. The van der Waals surface area contributed by atoms with Crippen LogP contribution in [0.15, 0.2) is 66.9 Å². The highest BCUT2D eigenvalue weighted by atomic mass is 35.5. The largest absolute Gasteiger partial charge is 0.481 e. The quantitative estimate of drug-likeness (QED) is 0.257. The molecule has 0 aliphatic rings. The van der Waals surface area contributed by atoms with Crippen molar-refractivity contribution in [1.82, 2.24) is 15.3 Å². The van der Waals surface area contributed by atoms with E-state index in [1.807, 2.05) is 25.1 Å². The van der Waals surface area contributed by atoms with Crippen LogP contribution >= 0.6 is 11.6 Å². The number of unbranched alkanes of at least 4 members (excludes halogenated alkanes) is 1. The highest BCUT2D eigenvalue weighted by Gasteiger charge is 2.15. The third kappa shape index (κ3) is 6.23. The number of carbonyl (C=O) groups is 2. The van der Waals surface area contributed by atoms with Crippen LogP contribution in [0.25, 0.3) is 22.3 Å².